The Morgan fingerprint density at radius 2 is 2.50 bits per heavy atom. The van der Waals surface area contributed by atoms with Gasteiger partial charge in [-0.2, -0.15) is 0 Å². The van der Waals surface area contributed by atoms with Crippen molar-refractivity contribution in [3.8, 4) is 0 Å². The Labute approximate surface area is 35.8 Å². The Balaban J connectivity index is 2.75. The molecule has 6 heavy (non-hydrogen) atoms. The lowest BCUT2D eigenvalue weighted by Gasteiger charge is -1.94. The zero-order chi connectivity index (χ0) is 4.99. The maximum absolute atomic E-state index is 10.9. The van der Waals surface area contributed by atoms with Crippen LogP contribution in [0.2, 0.25) is 0 Å². The van der Waals surface area contributed by atoms with Crippen LogP contribution in [0, 0.1) is 6.67 Å². The highest BCUT2D eigenvalue weighted by atomic mass is 19.1. The van der Waals surface area contributed by atoms with Gasteiger partial charge in [0.2, 0.25) is 0 Å². The van der Waals surface area contributed by atoms with Crippen LogP contribution in [0.25, 0.3) is 0 Å². The first-order valence-corrected chi connectivity index (χ1v) is 1.63. The molecule has 0 rings (SSSR count). The Bertz CT molecular complexity index is 30.0. The predicted molar refractivity (Wildman–Crippen MR) is 20.5 cm³/mol. The van der Waals surface area contributed by atoms with Crippen molar-refractivity contribution in [2.45, 2.75) is 6.10 Å². The molecule has 1 radical (unpaired) electrons. The van der Waals surface area contributed by atoms with Crippen molar-refractivity contribution in [1.29, 1.82) is 0 Å². The number of halogens is 1. The van der Waals surface area contributed by atoms with E-state index in [1.165, 1.54) is 0 Å². The molecule has 0 aliphatic heterocycles. The summed E-state index contributed by atoms with van der Waals surface area (Å²) in [7, 11) is 0. The Morgan fingerprint density at radius 3 is 2.50 bits per heavy atom. The van der Waals surface area contributed by atoms with Crippen LogP contribution in [0.15, 0.2) is 0 Å². The number of aliphatic hydroxyl groups is 1. The van der Waals surface area contributed by atoms with E-state index in [1.807, 2.05) is 0 Å². The summed E-state index contributed by atoms with van der Waals surface area (Å²) in [6.07, 6.45) is -1.08. The standard InChI is InChI=1S/C3H7FNO/c4-1-3(6)2-5/h1,3,6H,2,5H2. The van der Waals surface area contributed by atoms with Gasteiger partial charge in [-0.1, -0.05) is 0 Å². The maximum atomic E-state index is 10.9. The van der Waals surface area contributed by atoms with Crippen LogP contribution >= 0.6 is 0 Å². The minimum atomic E-state index is -1.08. The molecule has 0 aromatic heterocycles. The normalized spacial score (nSPS) is 14.5. The van der Waals surface area contributed by atoms with E-state index in [9.17, 15) is 4.39 Å². The predicted octanol–water partition coefficient (Wildman–Crippen LogP) is -0.563. The molecule has 0 bridgehead atoms. The average Bonchev–Trinajstić information content (AvgIpc) is 1.65. The smallest absolute Gasteiger partial charge is 0.161 e. The molecule has 0 heterocycles. The lowest BCUT2D eigenvalue weighted by atomic mass is 10.4. The van der Waals surface area contributed by atoms with Gasteiger partial charge in [0.15, 0.2) is 6.67 Å². The van der Waals surface area contributed by atoms with Crippen molar-refractivity contribution in [2.75, 3.05) is 6.54 Å². The molecule has 0 amide bonds. The summed E-state index contributed by atoms with van der Waals surface area (Å²) >= 11 is 0. The highest BCUT2D eigenvalue weighted by Crippen LogP contribution is 1.83. The monoisotopic (exact) mass is 92.1 g/mol. The van der Waals surface area contributed by atoms with Crippen molar-refractivity contribution in [2.24, 2.45) is 5.73 Å². The van der Waals surface area contributed by atoms with Crippen molar-refractivity contribution >= 4 is 0 Å². The fourth-order valence-electron chi connectivity index (χ4n) is 0.0514. The van der Waals surface area contributed by atoms with Crippen LogP contribution in [0.4, 0.5) is 4.39 Å². The number of aliphatic hydroxyl groups excluding tert-OH is 1. The second-order valence-corrected chi connectivity index (χ2v) is 0.929. The molecule has 3 N–H and O–H groups in total. The van der Waals surface area contributed by atoms with Crippen LogP contribution in [-0.4, -0.2) is 17.8 Å². The van der Waals surface area contributed by atoms with Gasteiger partial charge in [0.25, 0.3) is 0 Å². The third-order valence-electron chi connectivity index (χ3n) is 0.387. The summed E-state index contributed by atoms with van der Waals surface area (Å²) in [5.74, 6) is 0. The van der Waals surface area contributed by atoms with Crippen LogP contribution in [0.1, 0.15) is 0 Å². The summed E-state index contributed by atoms with van der Waals surface area (Å²) in [5, 5.41) is 8.11. The molecule has 0 aromatic carbocycles. The van der Waals surface area contributed by atoms with E-state index in [4.69, 9.17) is 10.8 Å². The first kappa shape index (κ1) is 5.85. The molecule has 2 nitrogen and oxygen atoms in total. The third kappa shape index (κ3) is 2.11. The van der Waals surface area contributed by atoms with Crippen molar-refractivity contribution in [3.63, 3.8) is 0 Å². The molecular weight excluding hydrogens is 85.0 g/mol. The van der Waals surface area contributed by atoms with E-state index < -0.39 is 6.10 Å². The summed E-state index contributed by atoms with van der Waals surface area (Å²) in [5.41, 5.74) is 4.76. The van der Waals surface area contributed by atoms with Gasteiger partial charge < -0.3 is 10.8 Å². The minimum Gasteiger partial charge on any atom is -0.389 e. The van der Waals surface area contributed by atoms with Crippen LogP contribution in [0.5, 0.6) is 0 Å². The molecule has 0 aromatic rings. The van der Waals surface area contributed by atoms with Crippen LogP contribution in [0.3, 0.4) is 0 Å². The van der Waals surface area contributed by atoms with Gasteiger partial charge >= 0.3 is 0 Å². The highest BCUT2D eigenvalue weighted by Gasteiger charge is 1.95. The summed E-state index contributed by atoms with van der Waals surface area (Å²) in [6.45, 7) is 0.108. The van der Waals surface area contributed by atoms with Gasteiger partial charge in [-0.3, -0.25) is 0 Å². The van der Waals surface area contributed by atoms with Gasteiger partial charge in [-0.25, -0.2) is 4.39 Å². The second kappa shape index (κ2) is 3.06. The van der Waals surface area contributed by atoms with Gasteiger partial charge in [0.05, 0.1) is 0 Å². The molecule has 0 spiro atoms. The molecular formula is C3H7FNO. The SMILES string of the molecule is NCC(O)[CH]F. The molecule has 1 unspecified atom stereocenters. The van der Waals surface area contributed by atoms with Gasteiger partial charge in [-0.05, 0) is 0 Å². The molecule has 0 aliphatic carbocycles. The van der Waals surface area contributed by atoms with Crippen LogP contribution in [-0.2, 0) is 0 Å². The molecule has 1 atom stereocenters. The van der Waals surface area contributed by atoms with Crippen LogP contribution < -0.4 is 5.73 Å². The van der Waals surface area contributed by atoms with E-state index >= 15 is 0 Å². The zero-order valence-electron chi connectivity index (χ0n) is 3.26. The van der Waals surface area contributed by atoms with E-state index in [2.05, 4.69) is 0 Å². The second-order valence-electron chi connectivity index (χ2n) is 0.929. The quantitative estimate of drug-likeness (QED) is 0.479. The molecule has 37 valence electrons. The Morgan fingerprint density at radius 1 is 2.00 bits per heavy atom. The van der Waals surface area contributed by atoms with E-state index in [0.29, 0.717) is 0 Å². The fraction of sp³-hybridized carbons (Fsp3) is 0.667. The topological polar surface area (TPSA) is 46.2 Å². The number of rotatable bonds is 2. The minimum absolute atomic E-state index is 0.0451. The molecule has 0 fully saturated rings. The third-order valence-corrected chi connectivity index (χ3v) is 0.387. The zero-order valence-corrected chi connectivity index (χ0v) is 3.26. The summed E-state index contributed by atoms with van der Waals surface area (Å²) < 4.78 is 10.9. The summed E-state index contributed by atoms with van der Waals surface area (Å²) in [6, 6.07) is 0. The van der Waals surface area contributed by atoms with Gasteiger partial charge in [0.1, 0.15) is 6.10 Å². The van der Waals surface area contributed by atoms with E-state index in [-0.39, 0.29) is 13.2 Å². The van der Waals surface area contributed by atoms with Crippen molar-refractivity contribution < 1.29 is 9.50 Å². The number of nitrogens with two attached hydrogens (primary N) is 1. The number of hydrogen-bond acceptors (Lipinski definition) is 2. The maximum Gasteiger partial charge on any atom is 0.161 e. The fourth-order valence-corrected chi connectivity index (χ4v) is 0.0514. The van der Waals surface area contributed by atoms with E-state index in [0.717, 1.165) is 0 Å². The van der Waals surface area contributed by atoms with Gasteiger partial charge in [-0.15, -0.1) is 0 Å². The van der Waals surface area contributed by atoms with E-state index in [1.54, 1.807) is 0 Å². The Kier molecular flexibility index (Phi) is 2.98. The Hall–Kier alpha value is -0.150. The first-order chi connectivity index (χ1) is 2.81. The lowest BCUT2D eigenvalue weighted by molar-refractivity contribution is 0.184. The molecule has 0 saturated carbocycles. The molecule has 0 aliphatic rings. The first-order valence-electron chi connectivity index (χ1n) is 1.63. The van der Waals surface area contributed by atoms with Crippen molar-refractivity contribution in [1.82, 2.24) is 0 Å². The summed E-state index contributed by atoms with van der Waals surface area (Å²) in [4.78, 5) is 0. The van der Waals surface area contributed by atoms with Gasteiger partial charge in [0, 0.05) is 6.54 Å². The number of hydrogen-bond donors (Lipinski definition) is 2. The average molecular weight is 92.1 g/mol. The highest BCUT2D eigenvalue weighted by molar-refractivity contribution is 4.62. The van der Waals surface area contributed by atoms with Crippen molar-refractivity contribution in [3.05, 3.63) is 6.67 Å². The molecule has 3 heteroatoms. The molecule has 0 saturated heterocycles. The largest absolute Gasteiger partial charge is 0.389 e. The lowest BCUT2D eigenvalue weighted by Crippen LogP contribution is -2.17.